The highest BCUT2D eigenvalue weighted by molar-refractivity contribution is 7.03. The summed E-state index contributed by atoms with van der Waals surface area (Å²) in [6, 6.07) is 2.86. The molecule has 0 bridgehead atoms. The molecule has 0 unspecified atom stereocenters. The number of hydrogen-bond acceptors (Lipinski definition) is 6. The van der Waals surface area contributed by atoms with Gasteiger partial charge in [0, 0.05) is 44.0 Å². The molecule has 0 aliphatic carbocycles. The maximum atomic E-state index is 12.3. The first-order chi connectivity index (χ1) is 11.4. The van der Waals surface area contributed by atoms with E-state index in [4.69, 9.17) is 4.74 Å². The van der Waals surface area contributed by atoms with Gasteiger partial charge in [0.05, 0.1) is 13.7 Å². The Morgan fingerprint density at radius 3 is 2.75 bits per heavy atom. The summed E-state index contributed by atoms with van der Waals surface area (Å²) < 4.78 is 9.23. The molecule has 3 amide bonds. The van der Waals surface area contributed by atoms with E-state index in [-0.39, 0.29) is 17.6 Å². The lowest BCUT2D eigenvalue weighted by Gasteiger charge is -2.18. The summed E-state index contributed by atoms with van der Waals surface area (Å²) in [5.41, 5.74) is 1.60. The Bertz CT molecular complexity index is 731. The number of pyridine rings is 1. The Balaban J connectivity index is 2.04. The Morgan fingerprint density at radius 1 is 1.33 bits per heavy atom. The Labute approximate surface area is 144 Å². The van der Waals surface area contributed by atoms with Crippen molar-refractivity contribution < 1.29 is 14.3 Å². The number of nitrogens with zero attached hydrogens (tertiary/aromatic N) is 4. The zero-order valence-electron chi connectivity index (χ0n) is 13.9. The van der Waals surface area contributed by atoms with Gasteiger partial charge >= 0.3 is 6.03 Å². The van der Waals surface area contributed by atoms with Crippen LogP contribution in [-0.2, 0) is 6.54 Å². The molecule has 0 fully saturated rings. The minimum atomic E-state index is -0.308. The average molecular weight is 349 g/mol. The van der Waals surface area contributed by atoms with Crippen molar-refractivity contribution in [3.63, 3.8) is 0 Å². The first-order valence-corrected chi connectivity index (χ1v) is 7.93. The number of aromatic nitrogens is 2. The van der Waals surface area contributed by atoms with E-state index in [1.807, 2.05) is 5.38 Å². The van der Waals surface area contributed by atoms with Gasteiger partial charge < -0.3 is 19.9 Å². The number of ether oxygens (including phenoxy) is 1. The standard InChI is InChI=1S/C15H19N5O3S/c1-19(2)14(21)12-7-11(5-6-16-12)17-15(22)20(3)8-10-9-24-18-13(10)23-4/h5-7,9H,8H2,1-4H3,(H,16,17,22). The molecule has 0 aromatic carbocycles. The van der Waals surface area contributed by atoms with Gasteiger partial charge in [-0.05, 0) is 23.7 Å². The second kappa shape index (κ2) is 7.73. The summed E-state index contributed by atoms with van der Waals surface area (Å²) in [4.78, 5) is 31.2. The van der Waals surface area contributed by atoms with E-state index < -0.39 is 0 Å². The minimum Gasteiger partial charge on any atom is -0.480 e. The molecule has 24 heavy (non-hydrogen) atoms. The van der Waals surface area contributed by atoms with E-state index in [2.05, 4.69) is 14.7 Å². The van der Waals surface area contributed by atoms with Crippen molar-refractivity contribution in [2.75, 3.05) is 33.6 Å². The fraction of sp³-hybridized carbons (Fsp3) is 0.333. The van der Waals surface area contributed by atoms with Crippen LogP contribution >= 0.6 is 11.5 Å². The number of anilines is 1. The van der Waals surface area contributed by atoms with Gasteiger partial charge in [0.2, 0.25) is 5.88 Å². The van der Waals surface area contributed by atoms with Crippen molar-refractivity contribution in [3.8, 4) is 5.88 Å². The number of rotatable bonds is 5. The molecule has 0 aliphatic rings. The van der Waals surface area contributed by atoms with Crippen LogP contribution in [0.5, 0.6) is 5.88 Å². The molecule has 9 heteroatoms. The smallest absolute Gasteiger partial charge is 0.321 e. The van der Waals surface area contributed by atoms with Crippen LogP contribution in [0.15, 0.2) is 23.7 Å². The van der Waals surface area contributed by atoms with Gasteiger partial charge in [-0.3, -0.25) is 9.78 Å². The van der Waals surface area contributed by atoms with Crippen LogP contribution < -0.4 is 10.1 Å². The SMILES string of the molecule is COc1nscc1CN(C)C(=O)Nc1ccnc(C(=O)N(C)C)c1. The van der Waals surface area contributed by atoms with E-state index in [0.29, 0.717) is 18.1 Å². The van der Waals surface area contributed by atoms with Gasteiger partial charge in [-0.15, -0.1) is 0 Å². The van der Waals surface area contributed by atoms with Crippen LogP contribution in [0.3, 0.4) is 0 Å². The van der Waals surface area contributed by atoms with Crippen molar-refractivity contribution in [1.82, 2.24) is 19.2 Å². The fourth-order valence-electron chi connectivity index (χ4n) is 1.92. The quantitative estimate of drug-likeness (QED) is 0.891. The van der Waals surface area contributed by atoms with Crippen LogP contribution in [0, 0.1) is 0 Å². The molecule has 128 valence electrons. The highest BCUT2D eigenvalue weighted by Gasteiger charge is 2.15. The number of urea groups is 1. The van der Waals surface area contributed by atoms with Crippen LogP contribution in [0.4, 0.5) is 10.5 Å². The van der Waals surface area contributed by atoms with Gasteiger partial charge in [-0.2, -0.15) is 4.37 Å². The first kappa shape index (κ1) is 17.7. The van der Waals surface area contributed by atoms with E-state index >= 15 is 0 Å². The van der Waals surface area contributed by atoms with Crippen LogP contribution in [0.1, 0.15) is 16.1 Å². The molecule has 0 saturated carbocycles. The lowest BCUT2D eigenvalue weighted by Crippen LogP contribution is -2.31. The number of carbonyl (C=O) groups excluding carboxylic acids is 2. The van der Waals surface area contributed by atoms with Crippen LogP contribution in [0.2, 0.25) is 0 Å². The number of nitrogens with one attached hydrogen (secondary N) is 1. The first-order valence-electron chi connectivity index (χ1n) is 7.09. The average Bonchev–Trinajstić information content (AvgIpc) is 3.01. The van der Waals surface area contributed by atoms with Gasteiger partial charge in [-0.1, -0.05) is 0 Å². The molecule has 2 aromatic heterocycles. The Hall–Kier alpha value is -2.68. The highest BCUT2D eigenvalue weighted by atomic mass is 32.1. The normalized spacial score (nSPS) is 10.2. The van der Waals surface area contributed by atoms with E-state index in [1.165, 1.54) is 27.5 Å². The Morgan fingerprint density at radius 2 is 2.08 bits per heavy atom. The lowest BCUT2D eigenvalue weighted by molar-refractivity contribution is 0.0822. The number of methoxy groups -OCH3 is 1. The number of amides is 3. The monoisotopic (exact) mass is 349 g/mol. The zero-order valence-corrected chi connectivity index (χ0v) is 14.8. The molecule has 0 spiro atoms. The Kier molecular flexibility index (Phi) is 5.69. The molecular formula is C15H19N5O3S. The third-order valence-corrected chi connectivity index (χ3v) is 3.85. The third kappa shape index (κ3) is 4.19. The van der Waals surface area contributed by atoms with Crippen molar-refractivity contribution in [2.24, 2.45) is 0 Å². The van der Waals surface area contributed by atoms with Crippen molar-refractivity contribution in [1.29, 1.82) is 0 Å². The summed E-state index contributed by atoms with van der Waals surface area (Å²) in [5, 5.41) is 4.58. The van der Waals surface area contributed by atoms with Gasteiger partial charge in [0.25, 0.3) is 5.91 Å². The predicted octanol–water partition coefficient (Wildman–Crippen LogP) is 1.91. The highest BCUT2D eigenvalue weighted by Crippen LogP contribution is 2.20. The molecule has 0 atom stereocenters. The maximum absolute atomic E-state index is 12.3. The van der Waals surface area contributed by atoms with Gasteiger partial charge in [0.1, 0.15) is 5.69 Å². The predicted molar refractivity (Wildman–Crippen MR) is 91.4 cm³/mol. The maximum Gasteiger partial charge on any atom is 0.321 e. The summed E-state index contributed by atoms with van der Waals surface area (Å²) in [7, 11) is 6.50. The minimum absolute atomic E-state index is 0.228. The molecule has 8 nitrogen and oxygen atoms in total. The molecule has 2 rings (SSSR count). The van der Waals surface area contributed by atoms with Crippen molar-refractivity contribution in [3.05, 3.63) is 35.0 Å². The van der Waals surface area contributed by atoms with Gasteiger partial charge in [-0.25, -0.2) is 4.79 Å². The second-order valence-corrected chi connectivity index (χ2v) is 5.89. The molecule has 2 aromatic rings. The third-order valence-electron chi connectivity index (χ3n) is 3.19. The van der Waals surface area contributed by atoms with E-state index in [1.54, 1.807) is 40.4 Å². The zero-order chi connectivity index (χ0) is 17.7. The summed E-state index contributed by atoms with van der Waals surface area (Å²) in [6.07, 6.45) is 1.48. The number of hydrogen-bond donors (Lipinski definition) is 1. The van der Waals surface area contributed by atoms with Crippen molar-refractivity contribution in [2.45, 2.75) is 6.54 Å². The molecular weight excluding hydrogens is 330 g/mol. The summed E-state index contributed by atoms with van der Waals surface area (Å²) >= 11 is 1.27. The van der Waals surface area contributed by atoms with Crippen LogP contribution in [-0.4, -0.2) is 59.3 Å². The topological polar surface area (TPSA) is 87.7 Å². The fourth-order valence-corrected chi connectivity index (χ4v) is 2.56. The van der Waals surface area contributed by atoms with Crippen molar-refractivity contribution >= 4 is 29.2 Å². The van der Waals surface area contributed by atoms with Crippen LogP contribution in [0.25, 0.3) is 0 Å². The van der Waals surface area contributed by atoms with Gasteiger partial charge in [0.15, 0.2) is 0 Å². The largest absolute Gasteiger partial charge is 0.480 e. The molecule has 0 radical (unpaired) electrons. The van der Waals surface area contributed by atoms with E-state index in [9.17, 15) is 9.59 Å². The summed E-state index contributed by atoms with van der Waals surface area (Å²) in [5.74, 6) is 0.288. The van der Waals surface area contributed by atoms with E-state index in [0.717, 1.165) is 5.56 Å². The number of carbonyl (C=O) groups is 2. The molecule has 0 saturated heterocycles. The lowest BCUT2D eigenvalue weighted by atomic mass is 10.3. The molecule has 2 heterocycles. The molecule has 1 N–H and O–H groups in total. The summed E-state index contributed by atoms with van der Waals surface area (Å²) in [6.45, 7) is 0.361. The second-order valence-electron chi connectivity index (χ2n) is 5.26. The molecule has 0 aliphatic heterocycles.